The average molecular weight is 594 g/mol. The molecule has 3 rings (SSSR count). The van der Waals surface area contributed by atoms with Crippen molar-refractivity contribution in [3.05, 3.63) is 29.6 Å². The predicted octanol–water partition coefficient (Wildman–Crippen LogP) is 2.33. The van der Waals surface area contributed by atoms with Crippen LogP contribution in [-0.2, 0) is 33.6 Å². The third-order valence-electron chi connectivity index (χ3n) is 6.52. The number of imide groups is 1. The number of benzene rings is 1. The molecule has 2 aliphatic heterocycles. The molecule has 15 heteroatoms. The van der Waals surface area contributed by atoms with Crippen LogP contribution in [0.2, 0.25) is 0 Å². The second kappa shape index (κ2) is 13.4. The Morgan fingerprint density at radius 3 is 2.41 bits per heavy atom. The number of anilines is 1. The Morgan fingerprint density at radius 1 is 1.21 bits per heavy atom. The van der Waals surface area contributed by atoms with Crippen LogP contribution in [0.25, 0.3) is 0 Å². The zero-order valence-corrected chi connectivity index (χ0v) is 23.5. The first-order valence-corrected chi connectivity index (χ1v) is 14.0. The molecule has 1 aromatic rings. The maximum atomic E-state index is 14.9. The summed E-state index contributed by atoms with van der Waals surface area (Å²) in [5, 5.41) is 0. The smallest absolute Gasteiger partial charge is 0.419 e. The summed E-state index contributed by atoms with van der Waals surface area (Å²) < 4.78 is 53.1. The van der Waals surface area contributed by atoms with Gasteiger partial charge in [0.1, 0.15) is 27.8 Å². The highest BCUT2D eigenvalue weighted by Crippen LogP contribution is 2.33. The topological polar surface area (TPSA) is 163 Å². The molecule has 12 nitrogen and oxygen atoms in total. The van der Waals surface area contributed by atoms with E-state index in [-0.39, 0.29) is 54.5 Å². The van der Waals surface area contributed by atoms with Crippen LogP contribution in [0.1, 0.15) is 45.1 Å². The number of halogens is 2. The van der Waals surface area contributed by atoms with E-state index in [0.717, 1.165) is 6.92 Å². The molecular weight excluding hydrogens is 561 g/mol. The van der Waals surface area contributed by atoms with Gasteiger partial charge in [-0.3, -0.25) is 14.5 Å². The van der Waals surface area contributed by atoms with Gasteiger partial charge in [-0.15, -0.1) is 12.4 Å². The van der Waals surface area contributed by atoms with Gasteiger partial charge in [0.15, 0.2) is 0 Å². The number of amides is 3. The number of ether oxygens (including phenoxy) is 3. The summed E-state index contributed by atoms with van der Waals surface area (Å²) in [7, 11) is -3.09. The second-order valence-corrected chi connectivity index (χ2v) is 11.9. The zero-order chi connectivity index (χ0) is 28.2. The molecule has 0 radical (unpaired) electrons. The Kier molecular flexibility index (Phi) is 11.1. The summed E-state index contributed by atoms with van der Waals surface area (Å²) in [5.41, 5.74) is 6.25. The average Bonchev–Trinajstić information content (AvgIpc) is 3.21. The summed E-state index contributed by atoms with van der Waals surface area (Å²) in [4.78, 5) is 50.5. The predicted molar refractivity (Wildman–Crippen MR) is 140 cm³/mol. The minimum absolute atomic E-state index is 0. The van der Waals surface area contributed by atoms with Crippen molar-refractivity contribution in [1.82, 2.24) is 4.90 Å². The standard InChI is InChI=1S/C24H32FN3O9S.ClH/c1-14(2)21(26)22(30)35-13-36-23(31)27(15(3)29)11-18-12-28(24(32)37-18)17-4-5-19(20(25)10-17)16-6-8-38(33,34)9-7-16;/h4-5,10,14,16,18,21H,6-9,11-13,26H2,1-3H3;1H/t18-,21+;/m0./s1. The largest absolute Gasteiger partial charge is 0.442 e. The number of hydrogen-bond acceptors (Lipinski definition) is 10. The molecule has 0 bridgehead atoms. The molecule has 0 aromatic heterocycles. The molecule has 2 saturated heterocycles. The lowest BCUT2D eigenvalue weighted by Gasteiger charge is -2.23. The fraction of sp³-hybridized carbons (Fsp3) is 0.583. The molecule has 0 spiro atoms. The highest BCUT2D eigenvalue weighted by molar-refractivity contribution is 7.91. The Morgan fingerprint density at radius 2 is 1.85 bits per heavy atom. The Balaban J connectivity index is 0.00000533. The van der Waals surface area contributed by atoms with Crippen molar-refractivity contribution < 1.29 is 46.2 Å². The third-order valence-corrected chi connectivity index (χ3v) is 8.24. The quantitative estimate of drug-likeness (QED) is 0.349. The summed E-state index contributed by atoms with van der Waals surface area (Å²) in [6.45, 7) is 3.38. The minimum atomic E-state index is -3.09. The van der Waals surface area contributed by atoms with Crippen molar-refractivity contribution in [2.24, 2.45) is 11.7 Å². The Bertz CT molecular complexity index is 1180. The van der Waals surface area contributed by atoms with E-state index in [1.54, 1.807) is 19.9 Å². The van der Waals surface area contributed by atoms with Crippen molar-refractivity contribution in [1.29, 1.82) is 0 Å². The summed E-state index contributed by atoms with van der Waals surface area (Å²) >= 11 is 0. The van der Waals surface area contributed by atoms with Crippen LogP contribution in [0.4, 0.5) is 19.7 Å². The number of hydrogen-bond donors (Lipinski definition) is 1. The first kappa shape index (κ1) is 32.2. The highest BCUT2D eigenvalue weighted by atomic mass is 35.5. The number of rotatable bonds is 8. The molecule has 2 atom stereocenters. The van der Waals surface area contributed by atoms with E-state index in [2.05, 4.69) is 0 Å². The molecule has 1 aromatic carbocycles. The molecular formula is C24H33ClFN3O9S. The molecule has 2 heterocycles. The molecule has 3 amide bonds. The second-order valence-electron chi connectivity index (χ2n) is 9.64. The molecule has 39 heavy (non-hydrogen) atoms. The normalized spacial score (nSPS) is 19.6. The van der Waals surface area contributed by atoms with Crippen LogP contribution in [0.15, 0.2) is 18.2 Å². The number of esters is 1. The number of sulfone groups is 1. The van der Waals surface area contributed by atoms with Crippen molar-refractivity contribution in [2.45, 2.75) is 51.7 Å². The van der Waals surface area contributed by atoms with E-state index in [4.69, 9.17) is 19.9 Å². The molecule has 0 unspecified atom stereocenters. The van der Waals surface area contributed by atoms with E-state index in [1.807, 2.05) is 0 Å². The number of nitrogens with zero attached hydrogens (tertiary/aromatic N) is 2. The van der Waals surface area contributed by atoms with E-state index in [1.165, 1.54) is 17.0 Å². The van der Waals surface area contributed by atoms with Crippen molar-refractivity contribution >= 4 is 52.0 Å². The van der Waals surface area contributed by atoms with Crippen molar-refractivity contribution in [2.75, 3.05) is 36.3 Å². The van der Waals surface area contributed by atoms with Gasteiger partial charge in [0, 0.05) is 6.92 Å². The summed E-state index contributed by atoms with van der Waals surface area (Å²) in [6.07, 6.45) is -2.18. The molecule has 2 aliphatic rings. The van der Waals surface area contributed by atoms with Gasteiger partial charge < -0.3 is 19.9 Å². The van der Waals surface area contributed by atoms with Crippen molar-refractivity contribution in [3.63, 3.8) is 0 Å². The number of carbonyl (C=O) groups excluding carboxylic acids is 4. The van der Waals surface area contributed by atoms with E-state index >= 15 is 0 Å². The molecule has 218 valence electrons. The first-order valence-electron chi connectivity index (χ1n) is 12.1. The van der Waals surface area contributed by atoms with Gasteiger partial charge in [-0.1, -0.05) is 19.9 Å². The van der Waals surface area contributed by atoms with Crippen molar-refractivity contribution in [3.8, 4) is 0 Å². The lowest BCUT2D eigenvalue weighted by Crippen LogP contribution is -2.43. The summed E-state index contributed by atoms with van der Waals surface area (Å²) in [5.74, 6) is -2.45. The van der Waals surface area contributed by atoms with Crippen LogP contribution in [0.3, 0.4) is 0 Å². The maximum absolute atomic E-state index is 14.9. The van der Waals surface area contributed by atoms with Crippen LogP contribution in [0.5, 0.6) is 0 Å². The zero-order valence-electron chi connectivity index (χ0n) is 21.8. The fourth-order valence-electron chi connectivity index (χ4n) is 4.16. The molecule has 2 N–H and O–H groups in total. The van der Waals surface area contributed by atoms with E-state index < -0.39 is 58.7 Å². The lowest BCUT2D eigenvalue weighted by molar-refractivity contribution is -0.155. The molecule has 2 fully saturated rings. The number of cyclic esters (lactones) is 1. The van der Waals surface area contributed by atoms with Gasteiger partial charge in [0.05, 0.1) is 30.3 Å². The van der Waals surface area contributed by atoms with Gasteiger partial charge in [0.25, 0.3) is 0 Å². The van der Waals surface area contributed by atoms with E-state index in [0.29, 0.717) is 23.3 Å². The van der Waals surface area contributed by atoms with Crippen LogP contribution in [-0.4, -0.2) is 80.9 Å². The molecule has 0 saturated carbocycles. The number of carbonyl (C=O) groups is 4. The fourth-order valence-corrected chi connectivity index (χ4v) is 5.65. The van der Waals surface area contributed by atoms with Crippen LogP contribution in [0, 0.1) is 11.7 Å². The van der Waals surface area contributed by atoms with Gasteiger partial charge in [0.2, 0.25) is 12.7 Å². The minimum Gasteiger partial charge on any atom is -0.442 e. The van der Waals surface area contributed by atoms with Gasteiger partial charge in [-0.2, -0.15) is 0 Å². The summed E-state index contributed by atoms with van der Waals surface area (Å²) in [6, 6.07) is 3.34. The van der Waals surface area contributed by atoms with Crippen LogP contribution < -0.4 is 10.6 Å². The van der Waals surface area contributed by atoms with Gasteiger partial charge >= 0.3 is 18.2 Å². The molecule has 0 aliphatic carbocycles. The lowest BCUT2D eigenvalue weighted by atomic mass is 9.93. The highest BCUT2D eigenvalue weighted by Gasteiger charge is 2.37. The Hall–Kier alpha value is -2.97. The third kappa shape index (κ3) is 8.26. The number of nitrogens with two attached hydrogens (primary N) is 1. The van der Waals surface area contributed by atoms with Crippen LogP contribution >= 0.6 is 12.4 Å². The first-order chi connectivity index (χ1) is 17.8. The maximum Gasteiger partial charge on any atom is 0.419 e. The Labute approximate surface area is 232 Å². The van der Waals surface area contributed by atoms with E-state index in [9.17, 15) is 32.0 Å². The van der Waals surface area contributed by atoms with Gasteiger partial charge in [-0.25, -0.2) is 27.3 Å². The monoisotopic (exact) mass is 593 g/mol. The SMILES string of the molecule is CC(=O)N(C[C@H]1CN(c2ccc(C3CCS(=O)(=O)CC3)c(F)c2)C(=O)O1)C(=O)OCOC(=O)[C@H](N)C(C)C.Cl. The van der Waals surface area contributed by atoms with Gasteiger partial charge in [-0.05, 0) is 42.4 Å².